The molecular weight excluding hydrogens is 228 g/mol. The Morgan fingerprint density at radius 2 is 2.28 bits per heavy atom. The Bertz CT molecular complexity index is 563. The molecular formula is C13H18N4O. The molecule has 5 nitrogen and oxygen atoms in total. The van der Waals surface area contributed by atoms with Crippen LogP contribution in [0.15, 0.2) is 22.6 Å². The Hall–Kier alpha value is -1.75. The molecule has 1 aliphatic rings. The van der Waals surface area contributed by atoms with E-state index in [0.717, 1.165) is 36.3 Å². The van der Waals surface area contributed by atoms with Gasteiger partial charge in [-0.2, -0.15) is 4.98 Å². The van der Waals surface area contributed by atoms with E-state index in [2.05, 4.69) is 28.9 Å². The van der Waals surface area contributed by atoms with Crippen LogP contribution in [0.25, 0.3) is 11.1 Å². The number of aromatic nitrogens is 1. The van der Waals surface area contributed by atoms with Crippen LogP contribution in [-0.2, 0) is 0 Å². The van der Waals surface area contributed by atoms with Gasteiger partial charge in [-0.05, 0) is 38.7 Å². The maximum absolute atomic E-state index is 5.78. The van der Waals surface area contributed by atoms with E-state index in [1.54, 1.807) is 0 Å². The summed E-state index contributed by atoms with van der Waals surface area (Å²) in [5, 5.41) is 0. The fourth-order valence-corrected chi connectivity index (χ4v) is 2.40. The van der Waals surface area contributed by atoms with Crippen molar-refractivity contribution in [3.05, 3.63) is 18.2 Å². The number of likely N-dealkylation sites (N-methyl/N-ethyl adjacent to an activating group) is 1. The molecule has 1 aromatic heterocycles. The average molecular weight is 246 g/mol. The Balaban J connectivity index is 1.87. The Labute approximate surface area is 106 Å². The van der Waals surface area contributed by atoms with Gasteiger partial charge in [-0.3, -0.25) is 0 Å². The number of nitrogens with zero attached hydrogens (tertiary/aromatic N) is 3. The van der Waals surface area contributed by atoms with E-state index in [1.807, 2.05) is 18.2 Å². The number of fused-ring (bicyclic) bond motifs is 1. The molecule has 1 aromatic carbocycles. The van der Waals surface area contributed by atoms with E-state index >= 15 is 0 Å². The van der Waals surface area contributed by atoms with Gasteiger partial charge in [0.2, 0.25) is 0 Å². The molecule has 0 unspecified atom stereocenters. The van der Waals surface area contributed by atoms with Crippen LogP contribution in [0.3, 0.4) is 0 Å². The van der Waals surface area contributed by atoms with Crippen molar-refractivity contribution in [2.45, 2.75) is 12.5 Å². The van der Waals surface area contributed by atoms with Gasteiger partial charge >= 0.3 is 0 Å². The Kier molecular flexibility index (Phi) is 2.63. The summed E-state index contributed by atoms with van der Waals surface area (Å²) < 4.78 is 5.78. The minimum Gasteiger partial charge on any atom is -0.423 e. The van der Waals surface area contributed by atoms with E-state index in [9.17, 15) is 0 Å². The van der Waals surface area contributed by atoms with Crippen LogP contribution in [0.5, 0.6) is 0 Å². The fourth-order valence-electron chi connectivity index (χ4n) is 2.40. The van der Waals surface area contributed by atoms with Gasteiger partial charge in [0.25, 0.3) is 6.01 Å². The molecule has 0 spiro atoms. The van der Waals surface area contributed by atoms with Gasteiger partial charge in [0.05, 0.1) is 0 Å². The zero-order chi connectivity index (χ0) is 12.7. The zero-order valence-electron chi connectivity index (χ0n) is 10.8. The van der Waals surface area contributed by atoms with Gasteiger partial charge in [-0.1, -0.05) is 0 Å². The van der Waals surface area contributed by atoms with Crippen molar-refractivity contribution in [1.29, 1.82) is 0 Å². The number of benzene rings is 1. The number of oxazole rings is 1. The van der Waals surface area contributed by atoms with Crippen molar-refractivity contribution >= 4 is 22.8 Å². The summed E-state index contributed by atoms with van der Waals surface area (Å²) >= 11 is 0. The molecule has 1 aliphatic heterocycles. The molecule has 0 amide bonds. The van der Waals surface area contributed by atoms with Gasteiger partial charge in [-0.25, -0.2) is 0 Å². The van der Waals surface area contributed by atoms with Crippen LogP contribution in [0, 0.1) is 0 Å². The first-order valence-electron chi connectivity index (χ1n) is 6.21. The summed E-state index contributed by atoms with van der Waals surface area (Å²) in [5.41, 5.74) is 8.09. The summed E-state index contributed by atoms with van der Waals surface area (Å²) in [6.45, 7) is 1.96. The second kappa shape index (κ2) is 4.17. The van der Waals surface area contributed by atoms with Crippen LogP contribution < -0.4 is 10.6 Å². The highest BCUT2D eigenvalue weighted by Crippen LogP contribution is 2.26. The SMILES string of the molecule is CN(C)[C@@H]1CCN(c2nc3cc(N)ccc3o2)C1. The maximum atomic E-state index is 5.78. The molecule has 1 saturated heterocycles. The molecule has 96 valence electrons. The third kappa shape index (κ3) is 1.90. The van der Waals surface area contributed by atoms with Crippen LogP contribution in [-0.4, -0.2) is 43.1 Å². The van der Waals surface area contributed by atoms with Gasteiger partial charge in [0, 0.05) is 24.8 Å². The van der Waals surface area contributed by atoms with Crippen LogP contribution in [0.2, 0.25) is 0 Å². The molecule has 0 bridgehead atoms. The molecule has 2 N–H and O–H groups in total. The summed E-state index contributed by atoms with van der Waals surface area (Å²) in [7, 11) is 4.22. The highest BCUT2D eigenvalue weighted by molar-refractivity contribution is 5.78. The van der Waals surface area contributed by atoms with Crippen molar-refractivity contribution in [2.75, 3.05) is 37.8 Å². The third-order valence-electron chi connectivity index (χ3n) is 3.56. The standard InChI is InChI=1S/C13H18N4O/c1-16(2)10-5-6-17(8-10)13-15-11-7-9(14)3-4-12(11)18-13/h3-4,7,10H,5-6,8,14H2,1-2H3/t10-/m1/s1. The van der Waals surface area contributed by atoms with Crippen molar-refractivity contribution < 1.29 is 4.42 Å². The molecule has 18 heavy (non-hydrogen) atoms. The minimum absolute atomic E-state index is 0.574. The Morgan fingerprint density at radius 1 is 1.44 bits per heavy atom. The van der Waals surface area contributed by atoms with Crippen molar-refractivity contribution in [1.82, 2.24) is 9.88 Å². The molecule has 5 heteroatoms. The minimum atomic E-state index is 0.574. The summed E-state index contributed by atoms with van der Waals surface area (Å²) in [6, 6.07) is 6.84. The van der Waals surface area contributed by atoms with E-state index in [4.69, 9.17) is 10.2 Å². The van der Waals surface area contributed by atoms with Crippen molar-refractivity contribution in [2.24, 2.45) is 0 Å². The molecule has 1 atom stereocenters. The number of hydrogen-bond donors (Lipinski definition) is 1. The normalized spacial score (nSPS) is 20.2. The summed E-state index contributed by atoms with van der Waals surface area (Å²) in [4.78, 5) is 8.96. The monoisotopic (exact) mass is 246 g/mol. The van der Waals surface area contributed by atoms with E-state index in [1.165, 1.54) is 0 Å². The number of hydrogen-bond acceptors (Lipinski definition) is 5. The lowest BCUT2D eigenvalue weighted by Crippen LogP contribution is -2.31. The molecule has 2 aromatic rings. The number of nitrogen functional groups attached to an aromatic ring is 1. The predicted octanol–water partition coefficient (Wildman–Crippen LogP) is 1.55. The van der Waals surface area contributed by atoms with Crippen molar-refractivity contribution in [3.8, 4) is 0 Å². The first kappa shape index (κ1) is 11.3. The highest BCUT2D eigenvalue weighted by atomic mass is 16.4. The lowest BCUT2D eigenvalue weighted by atomic mass is 10.2. The summed E-state index contributed by atoms with van der Waals surface area (Å²) in [5.74, 6) is 0. The first-order valence-corrected chi connectivity index (χ1v) is 6.21. The van der Waals surface area contributed by atoms with Crippen LogP contribution >= 0.6 is 0 Å². The van der Waals surface area contributed by atoms with Crippen molar-refractivity contribution in [3.63, 3.8) is 0 Å². The fraction of sp³-hybridized carbons (Fsp3) is 0.462. The topological polar surface area (TPSA) is 58.5 Å². The lowest BCUT2D eigenvalue weighted by molar-refractivity contribution is 0.315. The molecule has 1 fully saturated rings. The van der Waals surface area contributed by atoms with Crippen LogP contribution in [0.1, 0.15) is 6.42 Å². The molecule has 0 radical (unpaired) electrons. The summed E-state index contributed by atoms with van der Waals surface area (Å²) in [6.07, 6.45) is 1.15. The maximum Gasteiger partial charge on any atom is 0.298 e. The van der Waals surface area contributed by atoms with Crippen LogP contribution in [0.4, 0.5) is 11.7 Å². The lowest BCUT2D eigenvalue weighted by Gasteiger charge is -2.19. The van der Waals surface area contributed by atoms with Gasteiger partial charge in [0.15, 0.2) is 5.58 Å². The Morgan fingerprint density at radius 3 is 3.00 bits per heavy atom. The van der Waals surface area contributed by atoms with Gasteiger partial charge < -0.3 is 20.0 Å². The molecule has 2 heterocycles. The second-order valence-electron chi connectivity index (χ2n) is 5.08. The van der Waals surface area contributed by atoms with Gasteiger partial charge in [-0.15, -0.1) is 0 Å². The number of anilines is 2. The predicted molar refractivity (Wildman–Crippen MR) is 72.7 cm³/mol. The quantitative estimate of drug-likeness (QED) is 0.815. The molecule has 0 aliphatic carbocycles. The smallest absolute Gasteiger partial charge is 0.298 e. The largest absolute Gasteiger partial charge is 0.423 e. The highest BCUT2D eigenvalue weighted by Gasteiger charge is 2.27. The average Bonchev–Trinajstić information content (AvgIpc) is 2.93. The van der Waals surface area contributed by atoms with E-state index < -0.39 is 0 Å². The zero-order valence-corrected chi connectivity index (χ0v) is 10.8. The first-order chi connectivity index (χ1) is 8.63. The third-order valence-corrected chi connectivity index (χ3v) is 3.56. The van der Waals surface area contributed by atoms with Gasteiger partial charge in [0.1, 0.15) is 5.52 Å². The molecule has 0 saturated carbocycles. The van der Waals surface area contributed by atoms with E-state index in [0.29, 0.717) is 12.1 Å². The second-order valence-corrected chi connectivity index (χ2v) is 5.08. The number of rotatable bonds is 2. The molecule has 3 rings (SSSR count). The number of nitrogens with two attached hydrogens (primary N) is 1. The van der Waals surface area contributed by atoms with E-state index in [-0.39, 0.29) is 0 Å².